The van der Waals surface area contributed by atoms with E-state index in [1.54, 1.807) is 0 Å². The van der Waals surface area contributed by atoms with E-state index in [0.717, 1.165) is 0 Å². The largest absolute Gasteiger partial charge is 0.348 e. The second kappa shape index (κ2) is 2.41. The fourth-order valence-corrected chi connectivity index (χ4v) is 1.86. The average Bonchev–Trinajstić information content (AvgIpc) is 2.51. The Hall–Kier alpha value is -1.18. The molecule has 0 saturated heterocycles. The van der Waals surface area contributed by atoms with Gasteiger partial charge in [0.15, 0.2) is 0 Å². The molecule has 2 nitrogen and oxygen atoms in total. The minimum absolute atomic E-state index is 0.217. The topological polar surface area (TPSA) is 20.7 Å². The molecule has 0 amide bonds. The highest BCUT2D eigenvalue weighted by Crippen LogP contribution is 2.27. The van der Waals surface area contributed by atoms with E-state index in [9.17, 15) is 0 Å². The van der Waals surface area contributed by atoms with Crippen molar-refractivity contribution in [2.45, 2.75) is 26.2 Å². The van der Waals surface area contributed by atoms with Gasteiger partial charge in [0.05, 0.1) is 0 Å². The summed E-state index contributed by atoms with van der Waals surface area (Å²) in [5.74, 6) is 0. The zero-order valence-electron chi connectivity index (χ0n) is 8.68. The highest BCUT2D eigenvalue weighted by Gasteiger charge is 2.19. The maximum atomic E-state index is 3.24. The summed E-state index contributed by atoms with van der Waals surface area (Å²) in [6, 6.07) is 4.37. The van der Waals surface area contributed by atoms with Crippen molar-refractivity contribution in [2.75, 3.05) is 0 Å². The van der Waals surface area contributed by atoms with Crippen molar-refractivity contribution < 1.29 is 0 Å². The SMILES string of the molecule is Cn1c(C(C)(C)C)cc2cc[nH]c21. The molecule has 0 aliphatic carbocycles. The maximum absolute atomic E-state index is 3.24. The predicted octanol–water partition coefficient (Wildman–Crippen LogP) is 2.80. The zero-order valence-corrected chi connectivity index (χ0v) is 8.68. The van der Waals surface area contributed by atoms with Crippen LogP contribution in [0.15, 0.2) is 18.3 Å². The van der Waals surface area contributed by atoms with E-state index >= 15 is 0 Å². The summed E-state index contributed by atoms with van der Waals surface area (Å²) in [5, 5.41) is 1.30. The van der Waals surface area contributed by atoms with Gasteiger partial charge >= 0.3 is 0 Å². The van der Waals surface area contributed by atoms with Crippen LogP contribution in [0.2, 0.25) is 0 Å². The first-order valence-corrected chi connectivity index (χ1v) is 4.63. The predicted molar refractivity (Wildman–Crippen MR) is 56.0 cm³/mol. The van der Waals surface area contributed by atoms with Gasteiger partial charge in [-0.2, -0.15) is 0 Å². The molecule has 2 aromatic heterocycles. The van der Waals surface area contributed by atoms with Gasteiger partial charge < -0.3 is 9.55 Å². The molecule has 0 radical (unpaired) electrons. The van der Waals surface area contributed by atoms with Crippen LogP contribution in [-0.4, -0.2) is 9.55 Å². The highest BCUT2D eigenvalue weighted by atomic mass is 15.0. The molecule has 0 saturated carbocycles. The molecular weight excluding hydrogens is 160 g/mol. The Morgan fingerprint density at radius 3 is 2.54 bits per heavy atom. The first-order chi connectivity index (χ1) is 6.00. The number of fused-ring (bicyclic) bond motifs is 1. The number of nitrogens with one attached hydrogen (secondary N) is 1. The Bertz CT molecular complexity index is 426. The summed E-state index contributed by atoms with van der Waals surface area (Å²) in [5.41, 5.74) is 2.80. The molecule has 0 spiro atoms. The molecular formula is C11H16N2. The summed E-state index contributed by atoms with van der Waals surface area (Å²) in [6.45, 7) is 6.71. The van der Waals surface area contributed by atoms with Crippen molar-refractivity contribution in [2.24, 2.45) is 7.05 Å². The van der Waals surface area contributed by atoms with Gasteiger partial charge in [-0.15, -0.1) is 0 Å². The van der Waals surface area contributed by atoms with E-state index in [4.69, 9.17) is 0 Å². The number of rotatable bonds is 0. The number of hydrogen-bond donors (Lipinski definition) is 1. The third-order valence-electron chi connectivity index (χ3n) is 2.51. The number of nitrogens with zero attached hydrogens (tertiary/aromatic N) is 1. The fraction of sp³-hybridized carbons (Fsp3) is 0.455. The van der Waals surface area contributed by atoms with Crippen LogP contribution in [0, 0.1) is 0 Å². The summed E-state index contributed by atoms with van der Waals surface area (Å²) in [6.07, 6.45) is 1.98. The number of hydrogen-bond acceptors (Lipinski definition) is 0. The lowest BCUT2D eigenvalue weighted by Crippen LogP contribution is -2.15. The minimum atomic E-state index is 0.217. The number of H-pyrrole nitrogens is 1. The smallest absolute Gasteiger partial charge is 0.117 e. The second-order valence-corrected chi connectivity index (χ2v) is 4.62. The first kappa shape index (κ1) is 8.42. The van der Waals surface area contributed by atoms with E-state index in [-0.39, 0.29) is 5.41 Å². The van der Waals surface area contributed by atoms with Gasteiger partial charge in [0, 0.05) is 29.7 Å². The molecule has 2 heteroatoms. The monoisotopic (exact) mass is 176 g/mol. The van der Waals surface area contributed by atoms with E-state index < -0.39 is 0 Å². The van der Waals surface area contributed by atoms with Crippen molar-refractivity contribution in [1.82, 2.24) is 9.55 Å². The third kappa shape index (κ3) is 1.17. The molecule has 0 fully saturated rings. The number of aromatic amines is 1. The molecule has 0 unspecified atom stereocenters. The highest BCUT2D eigenvalue weighted by molar-refractivity contribution is 5.78. The van der Waals surface area contributed by atoms with Crippen molar-refractivity contribution in [3.05, 3.63) is 24.0 Å². The minimum Gasteiger partial charge on any atom is -0.348 e. The van der Waals surface area contributed by atoms with Crippen LogP contribution >= 0.6 is 0 Å². The summed E-state index contributed by atoms with van der Waals surface area (Å²) >= 11 is 0. The van der Waals surface area contributed by atoms with Crippen molar-refractivity contribution in [3.8, 4) is 0 Å². The van der Waals surface area contributed by atoms with Crippen LogP contribution in [0.5, 0.6) is 0 Å². The van der Waals surface area contributed by atoms with Crippen LogP contribution in [0.3, 0.4) is 0 Å². The molecule has 0 aliphatic heterocycles. The Balaban J connectivity index is 2.71. The Labute approximate surface area is 78.6 Å². The second-order valence-electron chi connectivity index (χ2n) is 4.62. The van der Waals surface area contributed by atoms with Crippen molar-refractivity contribution in [3.63, 3.8) is 0 Å². The van der Waals surface area contributed by atoms with Crippen LogP contribution in [-0.2, 0) is 12.5 Å². The lowest BCUT2D eigenvalue weighted by molar-refractivity contribution is 0.546. The molecule has 2 rings (SSSR count). The lowest BCUT2D eigenvalue weighted by Gasteiger charge is -2.19. The summed E-state index contributed by atoms with van der Waals surface area (Å²) in [7, 11) is 2.11. The Morgan fingerprint density at radius 2 is 2.00 bits per heavy atom. The van der Waals surface area contributed by atoms with Gasteiger partial charge in [0.2, 0.25) is 0 Å². The van der Waals surface area contributed by atoms with Crippen molar-refractivity contribution in [1.29, 1.82) is 0 Å². The van der Waals surface area contributed by atoms with E-state index in [2.05, 4.69) is 49.5 Å². The molecule has 1 N–H and O–H groups in total. The lowest BCUT2D eigenvalue weighted by atomic mass is 9.92. The molecule has 0 aromatic carbocycles. The standard InChI is InChI=1S/C11H16N2/c1-11(2,3)9-7-8-5-6-12-10(8)13(9)4/h5-7,12H,1-4H3. The van der Waals surface area contributed by atoms with Crippen molar-refractivity contribution >= 4 is 11.0 Å². The number of aromatic nitrogens is 2. The third-order valence-corrected chi connectivity index (χ3v) is 2.51. The van der Waals surface area contributed by atoms with Gasteiger partial charge in [-0.25, -0.2) is 0 Å². The first-order valence-electron chi connectivity index (χ1n) is 4.63. The summed E-state index contributed by atoms with van der Waals surface area (Å²) in [4.78, 5) is 3.24. The molecule has 13 heavy (non-hydrogen) atoms. The molecule has 0 atom stereocenters. The fourth-order valence-electron chi connectivity index (χ4n) is 1.86. The van der Waals surface area contributed by atoms with Gasteiger partial charge in [-0.05, 0) is 12.1 Å². The van der Waals surface area contributed by atoms with E-state index in [1.807, 2.05) is 6.20 Å². The average molecular weight is 176 g/mol. The quantitative estimate of drug-likeness (QED) is 0.637. The van der Waals surface area contributed by atoms with Gasteiger partial charge in [-0.3, -0.25) is 0 Å². The van der Waals surface area contributed by atoms with Gasteiger partial charge in [0.1, 0.15) is 5.65 Å². The van der Waals surface area contributed by atoms with E-state index in [0.29, 0.717) is 0 Å². The van der Waals surface area contributed by atoms with Crippen LogP contribution < -0.4 is 0 Å². The van der Waals surface area contributed by atoms with E-state index in [1.165, 1.54) is 16.7 Å². The zero-order chi connectivity index (χ0) is 9.64. The van der Waals surface area contributed by atoms with Crippen LogP contribution in [0.4, 0.5) is 0 Å². The molecule has 2 heterocycles. The molecule has 2 aromatic rings. The van der Waals surface area contributed by atoms with Gasteiger partial charge in [-0.1, -0.05) is 20.8 Å². The Morgan fingerprint density at radius 1 is 1.31 bits per heavy atom. The summed E-state index contributed by atoms with van der Waals surface area (Å²) < 4.78 is 2.23. The maximum Gasteiger partial charge on any atom is 0.117 e. The molecule has 0 bridgehead atoms. The molecule has 0 aliphatic rings. The van der Waals surface area contributed by atoms with Gasteiger partial charge in [0.25, 0.3) is 0 Å². The number of aryl methyl sites for hydroxylation is 1. The van der Waals surface area contributed by atoms with Crippen LogP contribution in [0.1, 0.15) is 26.5 Å². The normalized spacial score (nSPS) is 12.6. The Kier molecular flexibility index (Phi) is 1.56. The van der Waals surface area contributed by atoms with Crippen LogP contribution in [0.25, 0.3) is 11.0 Å². The molecule has 70 valence electrons.